The Morgan fingerprint density at radius 3 is 2.40 bits per heavy atom. The number of hydrogen-bond donors (Lipinski definition) is 0. The van der Waals surface area contributed by atoms with Gasteiger partial charge in [-0.15, -0.1) is 0 Å². The molecule has 0 aliphatic heterocycles. The van der Waals surface area contributed by atoms with Crippen LogP contribution in [0.15, 0.2) is 72.8 Å². The zero-order chi connectivity index (χ0) is 24.9. The number of ether oxygens (including phenoxy) is 2. The highest BCUT2D eigenvalue weighted by Crippen LogP contribution is 2.39. The summed E-state index contributed by atoms with van der Waals surface area (Å²) in [7, 11) is 0. The number of carbonyl (C=O) groups is 1. The van der Waals surface area contributed by atoms with Gasteiger partial charge in [0.2, 0.25) is 0 Å². The number of nitro benzene ring substituents is 1. The molecule has 0 heterocycles. The fraction of sp³-hybridized carbons (Fsp3) is 0.143. The van der Waals surface area contributed by atoms with Crippen molar-refractivity contribution in [3.05, 3.63) is 94.0 Å². The van der Waals surface area contributed by atoms with Crippen molar-refractivity contribution in [1.82, 2.24) is 0 Å². The van der Waals surface area contributed by atoms with Crippen LogP contribution in [-0.2, 0) is 0 Å². The molecule has 174 valence electrons. The van der Waals surface area contributed by atoms with Gasteiger partial charge in [0.1, 0.15) is 17.2 Å². The summed E-state index contributed by atoms with van der Waals surface area (Å²) >= 11 is 0. The maximum atomic E-state index is 11.9. The highest BCUT2D eigenvalue weighted by molar-refractivity contribution is 5.91. The topological polar surface area (TPSA) is 102 Å². The lowest BCUT2D eigenvalue weighted by Crippen LogP contribution is -2.05. The predicted molar refractivity (Wildman–Crippen MR) is 133 cm³/mol. The average molecular weight is 466 g/mol. The number of carbonyl (C=O) groups excluding carboxylic acids is 1. The Hall–Kier alpha value is -4.70. The van der Waals surface area contributed by atoms with E-state index in [1.165, 1.54) is 18.2 Å². The second kappa shape index (κ2) is 10.1. The maximum absolute atomic E-state index is 11.9. The van der Waals surface area contributed by atoms with E-state index in [0.29, 0.717) is 58.3 Å². The van der Waals surface area contributed by atoms with Gasteiger partial charge in [0, 0.05) is 23.3 Å². The molecular weight excluding hydrogens is 444 g/mol. The van der Waals surface area contributed by atoms with Gasteiger partial charge in [-0.05, 0) is 70.8 Å². The van der Waals surface area contributed by atoms with E-state index in [2.05, 4.69) is 6.07 Å². The molecule has 0 spiro atoms. The van der Waals surface area contributed by atoms with E-state index in [9.17, 15) is 14.9 Å². The number of aldehydes is 1. The Labute approximate surface area is 202 Å². The molecule has 0 aromatic heterocycles. The van der Waals surface area contributed by atoms with Crippen LogP contribution in [0.2, 0.25) is 0 Å². The van der Waals surface area contributed by atoms with E-state index >= 15 is 0 Å². The first-order valence-corrected chi connectivity index (χ1v) is 11.0. The molecule has 0 radical (unpaired) electrons. The third-order valence-corrected chi connectivity index (χ3v) is 5.37. The number of nitriles is 1. The molecule has 0 bridgehead atoms. The summed E-state index contributed by atoms with van der Waals surface area (Å²) in [5.41, 5.74) is 1.68. The lowest BCUT2D eigenvalue weighted by molar-refractivity contribution is -0.384. The standard InChI is InChI=1S/C28H22N2O5/c1-18(2)17-34-24-8-9-26(22(13-24)16-31)27-14-23(30(32)33)6-10-28(27)35-25-7-5-20-11-19(15-29)3-4-21(20)12-25/h3-14,16,18H,17H2,1-2H3. The molecule has 0 saturated carbocycles. The van der Waals surface area contributed by atoms with Crippen LogP contribution in [0.3, 0.4) is 0 Å². The van der Waals surface area contributed by atoms with Crippen LogP contribution < -0.4 is 9.47 Å². The molecule has 4 aromatic rings. The van der Waals surface area contributed by atoms with Crippen LogP contribution in [0.5, 0.6) is 17.2 Å². The van der Waals surface area contributed by atoms with Crippen LogP contribution in [-0.4, -0.2) is 17.8 Å². The van der Waals surface area contributed by atoms with Gasteiger partial charge in [-0.1, -0.05) is 26.0 Å². The monoisotopic (exact) mass is 466 g/mol. The van der Waals surface area contributed by atoms with Crippen molar-refractivity contribution in [3.63, 3.8) is 0 Å². The number of non-ortho nitro benzene ring substituents is 1. The van der Waals surface area contributed by atoms with Crippen molar-refractivity contribution in [2.45, 2.75) is 13.8 Å². The van der Waals surface area contributed by atoms with Crippen LogP contribution in [0, 0.1) is 27.4 Å². The first-order valence-electron chi connectivity index (χ1n) is 11.0. The largest absolute Gasteiger partial charge is 0.493 e. The Bertz CT molecular complexity index is 1470. The summed E-state index contributed by atoms with van der Waals surface area (Å²) in [6.45, 7) is 4.55. The van der Waals surface area contributed by atoms with Gasteiger partial charge in [0.15, 0.2) is 6.29 Å². The summed E-state index contributed by atoms with van der Waals surface area (Å²) in [5, 5.41) is 22.3. The van der Waals surface area contributed by atoms with E-state index in [1.807, 2.05) is 32.0 Å². The van der Waals surface area contributed by atoms with Gasteiger partial charge in [0.25, 0.3) is 5.69 Å². The van der Waals surface area contributed by atoms with E-state index in [4.69, 9.17) is 14.7 Å². The minimum atomic E-state index is -0.489. The lowest BCUT2D eigenvalue weighted by Gasteiger charge is -2.15. The minimum absolute atomic E-state index is 0.119. The molecule has 4 aromatic carbocycles. The summed E-state index contributed by atoms with van der Waals surface area (Å²) in [6, 6.07) is 22.2. The summed E-state index contributed by atoms with van der Waals surface area (Å²) in [6.07, 6.45) is 0.697. The molecule has 7 nitrogen and oxygen atoms in total. The highest BCUT2D eigenvalue weighted by Gasteiger charge is 2.18. The Morgan fingerprint density at radius 2 is 1.69 bits per heavy atom. The first kappa shape index (κ1) is 23.5. The van der Waals surface area contributed by atoms with Gasteiger partial charge in [-0.3, -0.25) is 14.9 Å². The van der Waals surface area contributed by atoms with E-state index in [0.717, 1.165) is 10.8 Å². The zero-order valence-corrected chi connectivity index (χ0v) is 19.2. The number of nitrogens with zero attached hydrogens (tertiary/aromatic N) is 2. The molecule has 0 aliphatic rings. The average Bonchev–Trinajstić information content (AvgIpc) is 2.87. The summed E-state index contributed by atoms with van der Waals surface area (Å²) < 4.78 is 11.9. The van der Waals surface area contributed by atoms with Gasteiger partial charge >= 0.3 is 0 Å². The molecule has 4 rings (SSSR count). The third-order valence-electron chi connectivity index (χ3n) is 5.37. The van der Waals surface area contributed by atoms with Crippen LogP contribution >= 0.6 is 0 Å². The normalized spacial score (nSPS) is 10.7. The molecule has 7 heteroatoms. The summed E-state index contributed by atoms with van der Waals surface area (Å²) in [5.74, 6) is 1.74. The highest BCUT2D eigenvalue weighted by atomic mass is 16.6. The third kappa shape index (κ3) is 5.28. The molecule has 0 N–H and O–H groups in total. The molecule has 0 atom stereocenters. The molecule has 0 unspecified atom stereocenters. The predicted octanol–water partition coefficient (Wildman–Crippen LogP) is 6.93. The molecular formula is C28H22N2O5. The number of hydrogen-bond acceptors (Lipinski definition) is 6. The van der Waals surface area contributed by atoms with Gasteiger partial charge in [0.05, 0.1) is 23.2 Å². The summed E-state index contributed by atoms with van der Waals surface area (Å²) in [4.78, 5) is 22.9. The van der Waals surface area contributed by atoms with Crippen LogP contribution in [0.4, 0.5) is 5.69 Å². The molecule has 0 amide bonds. The van der Waals surface area contributed by atoms with Crippen molar-refractivity contribution >= 4 is 22.7 Å². The van der Waals surface area contributed by atoms with Crippen LogP contribution in [0.1, 0.15) is 29.8 Å². The second-order valence-electron chi connectivity index (χ2n) is 8.45. The molecule has 0 aliphatic carbocycles. The van der Waals surface area contributed by atoms with Crippen molar-refractivity contribution in [2.24, 2.45) is 5.92 Å². The van der Waals surface area contributed by atoms with E-state index in [-0.39, 0.29) is 5.69 Å². The number of fused-ring (bicyclic) bond motifs is 1. The van der Waals surface area contributed by atoms with Crippen molar-refractivity contribution < 1.29 is 19.2 Å². The minimum Gasteiger partial charge on any atom is -0.493 e. The molecule has 0 saturated heterocycles. The second-order valence-corrected chi connectivity index (χ2v) is 8.45. The van der Waals surface area contributed by atoms with Gasteiger partial charge < -0.3 is 9.47 Å². The van der Waals surface area contributed by atoms with Gasteiger partial charge in [-0.25, -0.2) is 0 Å². The van der Waals surface area contributed by atoms with Crippen molar-refractivity contribution in [3.8, 4) is 34.4 Å². The smallest absolute Gasteiger partial charge is 0.270 e. The van der Waals surface area contributed by atoms with Crippen molar-refractivity contribution in [1.29, 1.82) is 5.26 Å². The van der Waals surface area contributed by atoms with Gasteiger partial charge in [-0.2, -0.15) is 5.26 Å². The lowest BCUT2D eigenvalue weighted by atomic mass is 9.98. The Balaban J connectivity index is 1.76. The quantitative estimate of drug-likeness (QED) is 0.158. The Kier molecular flexibility index (Phi) is 6.74. The number of rotatable bonds is 8. The molecule has 35 heavy (non-hydrogen) atoms. The number of benzene rings is 4. The van der Waals surface area contributed by atoms with E-state index < -0.39 is 4.92 Å². The van der Waals surface area contributed by atoms with Crippen LogP contribution in [0.25, 0.3) is 21.9 Å². The fourth-order valence-corrected chi connectivity index (χ4v) is 3.65. The van der Waals surface area contributed by atoms with E-state index in [1.54, 1.807) is 36.4 Å². The maximum Gasteiger partial charge on any atom is 0.270 e. The van der Waals surface area contributed by atoms with Crippen molar-refractivity contribution in [2.75, 3.05) is 6.61 Å². The fourth-order valence-electron chi connectivity index (χ4n) is 3.65. The Morgan fingerprint density at radius 1 is 0.943 bits per heavy atom. The molecule has 0 fully saturated rings. The number of nitro groups is 1. The zero-order valence-electron chi connectivity index (χ0n) is 19.2. The SMILES string of the molecule is CC(C)COc1ccc(-c2cc([N+](=O)[O-])ccc2Oc2ccc3cc(C#N)ccc3c2)c(C=O)c1. The first-order chi connectivity index (χ1) is 16.9.